The minimum atomic E-state index is -0.282. The van der Waals surface area contributed by atoms with E-state index < -0.39 is 0 Å². The molecule has 1 N–H and O–H groups in total. The number of ether oxygens (including phenoxy) is 1. The van der Waals surface area contributed by atoms with E-state index in [-0.39, 0.29) is 18.5 Å². The molecule has 0 unspecified atom stereocenters. The number of methoxy groups -OCH3 is 1. The van der Waals surface area contributed by atoms with Crippen molar-refractivity contribution in [1.29, 1.82) is 0 Å². The lowest BCUT2D eigenvalue weighted by molar-refractivity contribution is -0.133. The molecule has 6 nitrogen and oxygen atoms in total. The Balaban J connectivity index is 1.78. The third kappa shape index (κ3) is 7.67. The van der Waals surface area contributed by atoms with Gasteiger partial charge in [-0.05, 0) is 67.0 Å². The van der Waals surface area contributed by atoms with Crippen molar-refractivity contribution in [2.24, 2.45) is 0 Å². The fraction of sp³-hybridized carbons (Fsp3) is 0.357. The molecule has 0 aliphatic heterocycles. The van der Waals surface area contributed by atoms with Gasteiger partial charge in [0.15, 0.2) is 0 Å². The largest absolute Gasteiger partial charge is 0.385 e. The lowest BCUT2D eigenvalue weighted by Crippen LogP contribution is -2.44. The third-order valence-corrected chi connectivity index (χ3v) is 7.12. The van der Waals surface area contributed by atoms with Gasteiger partial charge in [-0.2, -0.15) is 0 Å². The second kappa shape index (κ2) is 13.1. The molecule has 35 heavy (non-hydrogen) atoms. The number of hydrogen-bond acceptors (Lipinski definition) is 4. The highest BCUT2D eigenvalue weighted by molar-refractivity contribution is 7.10. The Labute approximate surface area is 212 Å². The first kappa shape index (κ1) is 26.4. The number of carbonyl (C=O) groups is 2. The summed E-state index contributed by atoms with van der Waals surface area (Å²) in [6.07, 6.45) is 0.646. The number of amides is 3. The number of nitrogens with zero attached hydrogens (tertiary/aromatic N) is 2. The molecule has 0 saturated heterocycles. The molecule has 7 heteroatoms. The Morgan fingerprint density at radius 2 is 1.69 bits per heavy atom. The number of hydrogen-bond donors (Lipinski definition) is 1. The van der Waals surface area contributed by atoms with Crippen LogP contribution in [0.2, 0.25) is 0 Å². The van der Waals surface area contributed by atoms with Crippen molar-refractivity contribution < 1.29 is 14.3 Å². The molecule has 0 atom stereocenters. The molecule has 1 aromatic heterocycles. The first-order valence-electron chi connectivity index (χ1n) is 11.8. The zero-order valence-electron chi connectivity index (χ0n) is 21.0. The van der Waals surface area contributed by atoms with Gasteiger partial charge in [0, 0.05) is 37.4 Å². The van der Waals surface area contributed by atoms with Gasteiger partial charge in [0.25, 0.3) is 0 Å². The van der Waals surface area contributed by atoms with Gasteiger partial charge in [-0.15, -0.1) is 11.3 Å². The van der Waals surface area contributed by atoms with E-state index in [1.165, 1.54) is 5.56 Å². The average Bonchev–Trinajstić information content (AvgIpc) is 3.25. The molecular weight excluding hydrogens is 458 g/mol. The lowest BCUT2D eigenvalue weighted by atomic mass is 10.1. The molecule has 0 radical (unpaired) electrons. The molecule has 0 fully saturated rings. The maximum Gasteiger partial charge on any atom is 0.322 e. The molecule has 186 valence electrons. The number of nitrogens with one attached hydrogen (secondary N) is 1. The van der Waals surface area contributed by atoms with E-state index in [2.05, 4.69) is 18.3 Å². The van der Waals surface area contributed by atoms with Gasteiger partial charge in [-0.3, -0.25) is 4.79 Å². The van der Waals surface area contributed by atoms with Gasteiger partial charge in [0.1, 0.15) is 6.54 Å². The third-order valence-electron chi connectivity index (χ3n) is 6.11. The summed E-state index contributed by atoms with van der Waals surface area (Å²) < 4.78 is 5.19. The van der Waals surface area contributed by atoms with E-state index in [4.69, 9.17) is 4.74 Å². The second-order valence-electron chi connectivity index (χ2n) is 8.71. The highest BCUT2D eigenvalue weighted by Crippen LogP contribution is 2.21. The molecule has 2 aromatic carbocycles. The summed E-state index contributed by atoms with van der Waals surface area (Å²) in [5.41, 5.74) is 5.11. The summed E-state index contributed by atoms with van der Waals surface area (Å²) in [5.74, 6) is -0.0878. The van der Waals surface area contributed by atoms with Gasteiger partial charge in [-0.1, -0.05) is 42.5 Å². The lowest BCUT2D eigenvalue weighted by Gasteiger charge is -2.28. The van der Waals surface area contributed by atoms with Gasteiger partial charge >= 0.3 is 6.03 Å². The minimum absolute atomic E-state index is 0.00231. The quantitative estimate of drug-likeness (QED) is 0.345. The molecular formula is C28H35N3O3S. The van der Waals surface area contributed by atoms with E-state index in [0.717, 1.165) is 27.3 Å². The Morgan fingerprint density at radius 3 is 2.37 bits per heavy atom. The Morgan fingerprint density at radius 1 is 0.914 bits per heavy atom. The van der Waals surface area contributed by atoms with Crippen LogP contribution in [0.15, 0.2) is 60.0 Å². The fourth-order valence-corrected chi connectivity index (χ4v) is 4.69. The molecule has 0 aliphatic rings. The van der Waals surface area contributed by atoms with Crippen LogP contribution in [0.1, 0.15) is 33.6 Å². The number of thiophene rings is 1. The number of benzene rings is 2. The maximum absolute atomic E-state index is 13.6. The predicted molar refractivity (Wildman–Crippen MR) is 143 cm³/mol. The van der Waals surface area contributed by atoms with Crippen LogP contribution in [0.25, 0.3) is 0 Å². The smallest absolute Gasteiger partial charge is 0.322 e. The van der Waals surface area contributed by atoms with Crippen molar-refractivity contribution >= 4 is 29.0 Å². The molecule has 3 rings (SSSR count). The average molecular weight is 494 g/mol. The summed E-state index contributed by atoms with van der Waals surface area (Å²) in [6.45, 7) is 8.00. The number of anilines is 1. The van der Waals surface area contributed by atoms with Crippen molar-refractivity contribution in [3.05, 3.63) is 87.1 Å². The Bertz CT molecular complexity index is 1110. The summed E-state index contributed by atoms with van der Waals surface area (Å²) in [5, 5.41) is 5.05. The standard InChI is InChI=1S/C28H35N3O3S/c1-21-10-8-13-25(23(21)3)29-28(33)30(15-9-16-34-4)20-27(32)31(18-24-11-6-5-7-12-24)19-26-22(2)14-17-35-26/h5-8,10-14,17H,9,15-16,18-20H2,1-4H3,(H,29,33). The number of rotatable bonds is 11. The maximum atomic E-state index is 13.6. The molecule has 0 saturated carbocycles. The SMILES string of the molecule is COCCCN(CC(=O)N(Cc1ccccc1)Cc1sccc1C)C(=O)Nc1cccc(C)c1C. The first-order chi connectivity index (χ1) is 16.9. The van der Waals surface area contributed by atoms with Crippen LogP contribution < -0.4 is 5.32 Å². The van der Waals surface area contributed by atoms with Crippen LogP contribution in [0, 0.1) is 20.8 Å². The zero-order valence-corrected chi connectivity index (χ0v) is 21.9. The minimum Gasteiger partial charge on any atom is -0.385 e. The van der Waals surface area contributed by atoms with E-state index in [1.807, 2.05) is 72.7 Å². The van der Waals surface area contributed by atoms with Gasteiger partial charge in [-0.25, -0.2) is 4.79 Å². The molecule has 0 spiro atoms. The summed E-state index contributed by atoms with van der Waals surface area (Å²) in [7, 11) is 1.64. The van der Waals surface area contributed by atoms with Gasteiger partial charge < -0.3 is 19.9 Å². The molecule has 0 aliphatic carbocycles. The highest BCUT2D eigenvalue weighted by atomic mass is 32.1. The van der Waals surface area contributed by atoms with Crippen LogP contribution >= 0.6 is 11.3 Å². The number of urea groups is 1. The highest BCUT2D eigenvalue weighted by Gasteiger charge is 2.23. The molecule has 3 amide bonds. The van der Waals surface area contributed by atoms with E-state index >= 15 is 0 Å². The van der Waals surface area contributed by atoms with Gasteiger partial charge in [0.05, 0.1) is 6.54 Å². The number of carbonyl (C=O) groups excluding carboxylic acids is 2. The van der Waals surface area contributed by atoms with Crippen LogP contribution in [-0.4, -0.2) is 48.5 Å². The molecule has 0 bridgehead atoms. The molecule has 1 heterocycles. The second-order valence-corrected chi connectivity index (χ2v) is 9.71. The topological polar surface area (TPSA) is 61.9 Å². The summed E-state index contributed by atoms with van der Waals surface area (Å²) >= 11 is 1.65. The van der Waals surface area contributed by atoms with Crippen molar-refractivity contribution in [2.45, 2.75) is 40.3 Å². The summed E-state index contributed by atoms with van der Waals surface area (Å²) in [6, 6.07) is 17.6. The molecule has 3 aromatic rings. The van der Waals surface area contributed by atoms with Crippen LogP contribution in [0.4, 0.5) is 10.5 Å². The van der Waals surface area contributed by atoms with Crippen molar-refractivity contribution in [3.63, 3.8) is 0 Å². The van der Waals surface area contributed by atoms with Crippen molar-refractivity contribution in [1.82, 2.24) is 9.80 Å². The van der Waals surface area contributed by atoms with Crippen LogP contribution in [0.5, 0.6) is 0 Å². The van der Waals surface area contributed by atoms with Crippen molar-refractivity contribution in [2.75, 3.05) is 32.1 Å². The normalized spacial score (nSPS) is 10.7. The van der Waals surface area contributed by atoms with E-state index in [0.29, 0.717) is 32.7 Å². The zero-order chi connectivity index (χ0) is 25.2. The Hall–Kier alpha value is -3.16. The van der Waals surface area contributed by atoms with E-state index in [1.54, 1.807) is 23.3 Å². The van der Waals surface area contributed by atoms with Crippen molar-refractivity contribution in [3.8, 4) is 0 Å². The van der Waals surface area contributed by atoms with Crippen LogP contribution in [0.3, 0.4) is 0 Å². The first-order valence-corrected chi connectivity index (χ1v) is 12.7. The summed E-state index contributed by atoms with van der Waals surface area (Å²) in [4.78, 5) is 31.4. The van der Waals surface area contributed by atoms with E-state index in [9.17, 15) is 9.59 Å². The van der Waals surface area contributed by atoms with Crippen LogP contribution in [-0.2, 0) is 22.6 Å². The monoisotopic (exact) mass is 493 g/mol. The Kier molecular flexibility index (Phi) is 9.87. The fourth-order valence-electron chi connectivity index (χ4n) is 3.77. The number of aryl methyl sites for hydroxylation is 2. The van der Waals surface area contributed by atoms with Gasteiger partial charge in [0.2, 0.25) is 5.91 Å². The predicted octanol–water partition coefficient (Wildman–Crippen LogP) is 5.77.